The number of unbranched alkanes of at least 4 members (excludes halogenated alkanes) is 2. The molecule has 0 saturated heterocycles. The fourth-order valence-electron chi connectivity index (χ4n) is 2.96. The summed E-state index contributed by atoms with van der Waals surface area (Å²) in [5.41, 5.74) is 0.776. The molecule has 0 aliphatic heterocycles. The van der Waals surface area contributed by atoms with E-state index in [1.165, 1.54) is 25.7 Å². The quantitative estimate of drug-likeness (QED) is 0.382. The molecule has 0 heterocycles. The molecule has 1 aromatic rings. The molecule has 3 nitrogen and oxygen atoms in total. The van der Waals surface area contributed by atoms with E-state index in [2.05, 4.69) is 0 Å². The first-order chi connectivity index (χ1) is 10.8. The van der Waals surface area contributed by atoms with E-state index in [0.717, 1.165) is 24.8 Å². The number of Topliss-reactive ketones (excluding diaryl/α,β-unsaturated/α-hetero) is 1. The molecule has 120 valence electrons. The van der Waals surface area contributed by atoms with Gasteiger partial charge in [0.15, 0.2) is 5.78 Å². The number of hydrogen-bond donors (Lipinski definition) is 0. The summed E-state index contributed by atoms with van der Waals surface area (Å²) in [4.78, 5) is 23.5. The van der Waals surface area contributed by atoms with Crippen LogP contribution in [0.25, 0.3) is 0 Å². The van der Waals surface area contributed by atoms with Crippen LogP contribution in [0.5, 0.6) is 0 Å². The minimum absolute atomic E-state index is 0.0821. The molecule has 0 amide bonds. The summed E-state index contributed by atoms with van der Waals surface area (Å²) in [6, 6.07) is 9.38. The highest BCUT2D eigenvalue weighted by molar-refractivity contribution is 5.95. The van der Waals surface area contributed by atoms with Gasteiger partial charge in [-0.25, -0.2) is 0 Å². The molecular weight excluding hydrogens is 276 g/mol. The lowest BCUT2D eigenvalue weighted by Gasteiger charge is -2.09. The van der Waals surface area contributed by atoms with E-state index in [0.29, 0.717) is 25.4 Å². The third-order valence-corrected chi connectivity index (χ3v) is 4.34. The van der Waals surface area contributed by atoms with Crippen LogP contribution >= 0.6 is 0 Å². The van der Waals surface area contributed by atoms with Crippen molar-refractivity contribution < 1.29 is 14.3 Å². The summed E-state index contributed by atoms with van der Waals surface area (Å²) >= 11 is 0. The molecule has 1 aromatic carbocycles. The lowest BCUT2D eigenvalue weighted by molar-refractivity contribution is -0.145. The van der Waals surface area contributed by atoms with Gasteiger partial charge in [-0.1, -0.05) is 49.6 Å². The van der Waals surface area contributed by atoms with E-state index in [1.54, 1.807) is 0 Å². The average molecular weight is 302 g/mol. The van der Waals surface area contributed by atoms with E-state index >= 15 is 0 Å². The van der Waals surface area contributed by atoms with Crippen molar-refractivity contribution in [1.82, 2.24) is 0 Å². The van der Waals surface area contributed by atoms with Gasteiger partial charge < -0.3 is 4.74 Å². The van der Waals surface area contributed by atoms with Crippen LogP contribution in [-0.4, -0.2) is 18.4 Å². The van der Waals surface area contributed by atoms with E-state index in [1.807, 2.05) is 30.3 Å². The third kappa shape index (κ3) is 6.00. The van der Waals surface area contributed by atoms with Crippen molar-refractivity contribution in [3.05, 3.63) is 35.9 Å². The SMILES string of the molecule is O=C(CCCCCC(=O)c1ccccc1)OCC1CCCC1. The van der Waals surface area contributed by atoms with Crippen LogP contribution in [-0.2, 0) is 9.53 Å². The zero-order valence-corrected chi connectivity index (χ0v) is 13.3. The lowest BCUT2D eigenvalue weighted by Crippen LogP contribution is -2.11. The van der Waals surface area contributed by atoms with Crippen molar-refractivity contribution in [3.8, 4) is 0 Å². The fraction of sp³-hybridized carbons (Fsp3) is 0.579. The normalized spacial score (nSPS) is 14.9. The zero-order chi connectivity index (χ0) is 15.6. The predicted octanol–water partition coefficient (Wildman–Crippen LogP) is 4.55. The number of esters is 1. The van der Waals surface area contributed by atoms with Crippen molar-refractivity contribution >= 4 is 11.8 Å². The molecule has 1 saturated carbocycles. The number of rotatable bonds is 9. The number of hydrogen-bond acceptors (Lipinski definition) is 3. The van der Waals surface area contributed by atoms with E-state index in [4.69, 9.17) is 4.74 Å². The maximum atomic E-state index is 11.9. The summed E-state index contributed by atoms with van der Waals surface area (Å²) < 4.78 is 5.32. The Kier molecular flexibility index (Phi) is 7.14. The smallest absolute Gasteiger partial charge is 0.305 e. The van der Waals surface area contributed by atoms with Gasteiger partial charge in [-0.05, 0) is 31.6 Å². The molecule has 0 spiro atoms. The van der Waals surface area contributed by atoms with Gasteiger partial charge >= 0.3 is 5.97 Å². The van der Waals surface area contributed by atoms with Crippen molar-refractivity contribution in [1.29, 1.82) is 0 Å². The highest BCUT2D eigenvalue weighted by Gasteiger charge is 2.16. The molecule has 0 aromatic heterocycles. The Morgan fingerprint density at radius 1 is 0.955 bits per heavy atom. The Labute approximate surface area is 133 Å². The van der Waals surface area contributed by atoms with Crippen LogP contribution < -0.4 is 0 Å². The van der Waals surface area contributed by atoms with Gasteiger partial charge in [-0.3, -0.25) is 9.59 Å². The molecule has 1 aliphatic carbocycles. The van der Waals surface area contributed by atoms with Crippen molar-refractivity contribution in [2.45, 2.75) is 57.8 Å². The van der Waals surface area contributed by atoms with Crippen LogP contribution in [0.1, 0.15) is 68.1 Å². The lowest BCUT2D eigenvalue weighted by atomic mass is 10.0. The summed E-state index contributed by atoms with van der Waals surface area (Å²) in [5, 5.41) is 0. The van der Waals surface area contributed by atoms with E-state index in [-0.39, 0.29) is 11.8 Å². The Bertz CT molecular complexity index is 461. The molecule has 0 atom stereocenters. The van der Waals surface area contributed by atoms with Crippen molar-refractivity contribution in [3.63, 3.8) is 0 Å². The van der Waals surface area contributed by atoms with Crippen LogP contribution in [0.3, 0.4) is 0 Å². The summed E-state index contributed by atoms with van der Waals surface area (Å²) in [5.74, 6) is 0.693. The first kappa shape index (κ1) is 16.7. The highest BCUT2D eigenvalue weighted by atomic mass is 16.5. The Balaban J connectivity index is 1.50. The fourth-order valence-corrected chi connectivity index (χ4v) is 2.96. The van der Waals surface area contributed by atoms with Crippen LogP contribution in [0.15, 0.2) is 30.3 Å². The summed E-state index contributed by atoms with van der Waals surface area (Å²) in [6.07, 6.45) is 8.54. The molecule has 3 heteroatoms. The summed E-state index contributed by atoms with van der Waals surface area (Å²) in [6.45, 7) is 0.603. The molecule has 2 rings (SSSR count). The minimum atomic E-state index is -0.0821. The van der Waals surface area contributed by atoms with Gasteiger partial charge in [-0.15, -0.1) is 0 Å². The van der Waals surface area contributed by atoms with Crippen molar-refractivity contribution in [2.75, 3.05) is 6.61 Å². The number of ether oxygens (including phenoxy) is 1. The molecule has 22 heavy (non-hydrogen) atoms. The monoisotopic (exact) mass is 302 g/mol. The summed E-state index contributed by atoms with van der Waals surface area (Å²) in [7, 11) is 0. The first-order valence-corrected chi connectivity index (χ1v) is 8.49. The Morgan fingerprint density at radius 2 is 1.64 bits per heavy atom. The first-order valence-electron chi connectivity index (χ1n) is 8.49. The topological polar surface area (TPSA) is 43.4 Å². The molecular formula is C19H26O3. The third-order valence-electron chi connectivity index (χ3n) is 4.34. The number of carbonyl (C=O) groups is 2. The molecule has 1 aliphatic rings. The number of carbonyl (C=O) groups excluding carboxylic acids is 2. The molecule has 0 N–H and O–H groups in total. The van der Waals surface area contributed by atoms with Crippen molar-refractivity contribution in [2.24, 2.45) is 5.92 Å². The van der Waals surface area contributed by atoms with Gasteiger partial charge in [0.25, 0.3) is 0 Å². The Morgan fingerprint density at radius 3 is 2.36 bits per heavy atom. The maximum Gasteiger partial charge on any atom is 0.305 e. The second-order valence-corrected chi connectivity index (χ2v) is 6.18. The Hall–Kier alpha value is -1.64. The molecule has 0 radical (unpaired) electrons. The highest BCUT2D eigenvalue weighted by Crippen LogP contribution is 2.24. The predicted molar refractivity (Wildman–Crippen MR) is 86.8 cm³/mol. The molecule has 0 bridgehead atoms. The van der Waals surface area contributed by atoms with E-state index < -0.39 is 0 Å². The van der Waals surface area contributed by atoms with Gasteiger partial charge in [0.05, 0.1) is 6.61 Å². The number of ketones is 1. The molecule has 0 unspecified atom stereocenters. The minimum Gasteiger partial charge on any atom is -0.465 e. The average Bonchev–Trinajstić information content (AvgIpc) is 3.06. The second kappa shape index (κ2) is 9.39. The van der Waals surface area contributed by atoms with Crippen LogP contribution in [0.4, 0.5) is 0 Å². The van der Waals surface area contributed by atoms with Gasteiger partial charge in [0, 0.05) is 18.4 Å². The standard InChI is InChI=1S/C19H26O3/c20-18(17-11-3-1-4-12-17)13-5-2-6-14-19(21)22-15-16-9-7-8-10-16/h1,3-4,11-12,16H,2,5-10,13-15H2. The van der Waals surface area contributed by atoms with Crippen LogP contribution in [0.2, 0.25) is 0 Å². The van der Waals surface area contributed by atoms with E-state index in [9.17, 15) is 9.59 Å². The zero-order valence-electron chi connectivity index (χ0n) is 13.3. The molecule has 1 fully saturated rings. The largest absolute Gasteiger partial charge is 0.465 e. The second-order valence-electron chi connectivity index (χ2n) is 6.18. The van der Waals surface area contributed by atoms with Gasteiger partial charge in [0.2, 0.25) is 0 Å². The number of benzene rings is 1. The maximum absolute atomic E-state index is 11.9. The van der Waals surface area contributed by atoms with Gasteiger partial charge in [0.1, 0.15) is 0 Å². The van der Waals surface area contributed by atoms with Crippen LogP contribution in [0, 0.1) is 5.92 Å². The van der Waals surface area contributed by atoms with Gasteiger partial charge in [-0.2, -0.15) is 0 Å².